The minimum Gasteiger partial charge on any atom is -0.496 e. The summed E-state index contributed by atoms with van der Waals surface area (Å²) in [4.78, 5) is 0.260. The Morgan fingerprint density at radius 3 is 2.75 bits per heavy atom. The van der Waals surface area contributed by atoms with E-state index in [2.05, 4.69) is 0 Å². The molecule has 2 rings (SSSR count). The molecule has 112 valence electrons. The Hall–Kier alpha value is -1.11. The second-order valence-corrected chi connectivity index (χ2v) is 6.97. The highest BCUT2D eigenvalue weighted by Crippen LogP contribution is 2.28. The van der Waals surface area contributed by atoms with Crippen LogP contribution in [0.25, 0.3) is 0 Å². The number of hydrogen-bond acceptors (Lipinski definition) is 4. The summed E-state index contributed by atoms with van der Waals surface area (Å²) in [5, 5.41) is 9.38. The van der Waals surface area contributed by atoms with E-state index in [-0.39, 0.29) is 17.5 Å². The maximum absolute atomic E-state index is 12.7. The molecule has 1 fully saturated rings. The van der Waals surface area contributed by atoms with Crippen LogP contribution in [0.4, 0.5) is 0 Å². The van der Waals surface area contributed by atoms with Crippen molar-refractivity contribution in [2.45, 2.75) is 37.1 Å². The van der Waals surface area contributed by atoms with E-state index in [4.69, 9.17) is 4.74 Å². The molecule has 1 heterocycles. The number of aliphatic hydroxyl groups is 1. The van der Waals surface area contributed by atoms with Crippen molar-refractivity contribution in [3.8, 4) is 5.75 Å². The molecule has 0 aromatic heterocycles. The zero-order valence-electron chi connectivity index (χ0n) is 11.9. The SMILES string of the molecule is COc1ccc(S(=O)(=O)N2CCCCC2CO)cc1C. The van der Waals surface area contributed by atoms with E-state index in [0.29, 0.717) is 18.7 Å². The maximum Gasteiger partial charge on any atom is 0.243 e. The van der Waals surface area contributed by atoms with Crippen molar-refractivity contribution in [2.24, 2.45) is 0 Å². The van der Waals surface area contributed by atoms with Gasteiger partial charge < -0.3 is 9.84 Å². The number of rotatable bonds is 4. The third-order valence-corrected chi connectivity index (χ3v) is 5.70. The fraction of sp³-hybridized carbons (Fsp3) is 0.571. The van der Waals surface area contributed by atoms with Crippen molar-refractivity contribution in [1.82, 2.24) is 4.31 Å². The average molecular weight is 299 g/mol. The van der Waals surface area contributed by atoms with Gasteiger partial charge in [0, 0.05) is 12.6 Å². The molecule has 1 saturated heterocycles. The standard InChI is InChI=1S/C14H21NO4S/c1-11-9-13(6-7-14(11)19-2)20(17,18)15-8-4-3-5-12(15)10-16/h6-7,9,12,16H,3-5,8,10H2,1-2H3. The summed E-state index contributed by atoms with van der Waals surface area (Å²) in [5.41, 5.74) is 0.783. The fourth-order valence-corrected chi connectivity index (χ4v) is 4.39. The summed E-state index contributed by atoms with van der Waals surface area (Å²) >= 11 is 0. The lowest BCUT2D eigenvalue weighted by Gasteiger charge is -2.33. The van der Waals surface area contributed by atoms with Gasteiger partial charge in [0.25, 0.3) is 0 Å². The largest absolute Gasteiger partial charge is 0.496 e. The van der Waals surface area contributed by atoms with E-state index in [1.807, 2.05) is 6.92 Å². The third-order valence-electron chi connectivity index (χ3n) is 3.76. The molecule has 0 radical (unpaired) electrons. The van der Waals surface area contributed by atoms with Gasteiger partial charge in [-0.3, -0.25) is 0 Å². The second kappa shape index (κ2) is 6.11. The molecular formula is C14H21NO4S. The first-order chi connectivity index (χ1) is 9.50. The summed E-state index contributed by atoms with van der Waals surface area (Å²) in [6.07, 6.45) is 2.51. The monoisotopic (exact) mass is 299 g/mol. The molecule has 6 heteroatoms. The number of ether oxygens (including phenoxy) is 1. The highest BCUT2D eigenvalue weighted by molar-refractivity contribution is 7.89. The molecule has 0 amide bonds. The molecule has 5 nitrogen and oxygen atoms in total. The summed E-state index contributed by atoms with van der Waals surface area (Å²) < 4.78 is 31.9. The number of nitrogens with zero attached hydrogens (tertiary/aromatic N) is 1. The Morgan fingerprint density at radius 1 is 1.40 bits per heavy atom. The fourth-order valence-electron chi connectivity index (χ4n) is 2.62. The first-order valence-corrected chi connectivity index (χ1v) is 8.22. The first-order valence-electron chi connectivity index (χ1n) is 6.78. The topological polar surface area (TPSA) is 66.8 Å². The molecule has 1 aromatic carbocycles. The lowest BCUT2D eigenvalue weighted by atomic mass is 10.1. The highest BCUT2D eigenvalue weighted by Gasteiger charge is 2.33. The van der Waals surface area contributed by atoms with Crippen LogP contribution in [0.5, 0.6) is 5.75 Å². The Morgan fingerprint density at radius 2 is 2.15 bits per heavy atom. The summed E-state index contributed by atoms with van der Waals surface area (Å²) in [5.74, 6) is 0.668. The van der Waals surface area contributed by atoms with Gasteiger partial charge in [-0.2, -0.15) is 4.31 Å². The molecule has 1 unspecified atom stereocenters. The van der Waals surface area contributed by atoms with Gasteiger partial charge in [0.2, 0.25) is 10.0 Å². The van der Waals surface area contributed by atoms with E-state index in [1.54, 1.807) is 25.3 Å². The average Bonchev–Trinajstić information content (AvgIpc) is 2.47. The zero-order chi connectivity index (χ0) is 14.8. The number of aryl methyl sites for hydroxylation is 1. The van der Waals surface area contributed by atoms with Gasteiger partial charge in [0.15, 0.2) is 0 Å². The predicted molar refractivity (Wildman–Crippen MR) is 76.3 cm³/mol. The molecule has 1 atom stereocenters. The number of hydrogen-bond donors (Lipinski definition) is 1. The second-order valence-electron chi connectivity index (χ2n) is 5.08. The maximum atomic E-state index is 12.7. The van der Waals surface area contributed by atoms with Gasteiger partial charge in [0.05, 0.1) is 18.6 Å². The normalized spacial score (nSPS) is 20.9. The van der Waals surface area contributed by atoms with Gasteiger partial charge >= 0.3 is 0 Å². The van der Waals surface area contributed by atoms with Crippen LogP contribution in [0.1, 0.15) is 24.8 Å². The Balaban J connectivity index is 2.36. The van der Waals surface area contributed by atoms with Crippen molar-refractivity contribution in [2.75, 3.05) is 20.3 Å². The minimum atomic E-state index is -3.55. The van der Waals surface area contributed by atoms with Gasteiger partial charge in [-0.25, -0.2) is 8.42 Å². The number of piperidine rings is 1. The van der Waals surface area contributed by atoms with E-state index in [1.165, 1.54) is 4.31 Å². The quantitative estimate of drug-likeness (QED) is 0.916. The molecule has 1 N–H and O–H groups in total. The van der Waals surface area contributed by atoms with Crippen LogP contribution in [-0.2, 0) is 10.0 Å². The van der Waals surface area contributed by atoms with Crippen LogP contribution >= 0.6 is 0 Å². The van der Waals surface area contributed by atoms with Gasteiger partial charge in [-0.05, 0) is 43.5 Å². The molecule has 1 aliphatic heterocycles. The lowest BCUT2D eigenvalue weighted by molar-refractivity contribution is 0.155. The van der Waals surface area contributed by atoms with Crippen molar-refractivity contribution in [3.05, 3.63) is 23.8 Å². The van der Waals surface area contributed by atoms with Crippen LogP contribution < -0.4 is 4.74 Å². The van der Waals surface area contributed by atoms with Crippen LogP contribution in [0.3, 0.4) is 0 Å². The van der Waals surface area contributed by atoms with E-state index in [0.717, 1.165) is 18.4 Å². The van der Waals surface area contributed by atoms with Gasteiger partial charge in [-0.1, -0.05) is 6.42 Å². The molecule has 0 saturated carbocycles. The molecular weight excluding hydrogens is 278 g/mol. The minimum absolute atomic E-state index is 0.131. The van der Waals surface area contributed by atoms with E-state index < -0.39 is 10.0 Å². The van der Waals surface area contributed by atoms with E-state index >= 15 is 0 Å². The van der Waals surface area contributed by atoms with Gasteiger partial charge in [0.1, 0.15) is 5.75 Å². The summed E-state index contributed by atoms with van der Waals surface area (Å²) in [7, 11) is -1.99. The lowest BCUT2D eigenvalue weighted by Crippen LogP contribution is -2.45. The Kier molecular flexibility index (Phi) is 4.67. The van der Waals surface area contributed by atoms with Crippen molar-refractivity contribution < 1.29 is 18.3 Å². The number of methoxy groups -OCH3 is 1. The van der Waals surface area contributed by atoms with Crippen LogP contribution in [0, 0.1) is 6.92 Å². The molecule has 0 spiro atoms. The number of sulfonamides is 1. The highest BCUT2D eigenvalue weighted by atomic mass is 32.2. The predicted octanol–water partition coefficient (Wildman–Crippen LogP) is 1.54. The van der Waals surface area contributed by atoms with Crippen LogP contribution in [0.2, 0.25) is 0 Å². The Labute approximate surface area is 120 Å². The zero-order valence-corrected chi connectivity index (χ0v) is 12.7. The first kappa shape index (κ1) is 15.3. The molecule has 20 heavy (non-hydrogen) atoms. The van der Waals surface area contributed by atoms with Crippen molar-refractivity contribution >= 4 is 10.0 Å². The van der Waals surface area contributed by atoms with E-state index in [9.17, 15) is 13.5 Å². The number of aliphatic hydroxyl groups excluding tert-OH is 1. The Bertz CT molecular complexity index is 571. The van der Waals surface area contributed by atoms with Crippen LogP contribution in [0.15, 0.2) is 23.1 Å². The number of benzene rings is 1. The summed E-state index contributed by atoms with van der Waals surface area (Å²) in [6.45, 7) is 2.16. The van der Waals surface area contributed by atoms with Crippen molar-refractivity contribution in [3.63, 3.8) is 0 Å². The molecule has 1 aliphatic rings. The third kappa shape index (κ3) is 2.82. The van der Waals surface area contributed by atoms with Crippen LogP contribution in [-0.4, -0.2) is 44.1 Å². The molecule has 0 bridgehead atoms. The molecule has 1 aromatic rings. The summed E-state index contributed by atoms with van der Waals surface area (Å²) in [6, 6.07) is 4.54. The van der Waals surface area contributed by atoms with Gasteiger partial charge in [-0.15, -0.1) is 0 Å². The van der Waals surface area contributed by atoms with Crippen molar-refractivity contribution in [1.29, 1.82) is 0 Å². The smallest absolute Gasteiger partial charge is 0.243 e. The molecule has 0 aliphatic carbocycles.